The monoisotopic (exact) mass is 250 g/mol. The molecule has 0 saturated carbocycles. The van der Waals surface area contributed by atoms with Crippen LogP contribution in [0.5, 0.6) is 0 Å². The first-order valence-corrected chi connectivity index (χ1v) is 6.12. The van der Waals surface area contributed by atoms with Crippen LogP contribution in [0.4, 0.5) is 5.69 Å². The highest BCUT2D eigenvalue weighted by Crippen LogP contribution is 2.25. The van der Waals surface area contributed by atoms with E-state index in [4.69, 9.17) is 5.73 Å². The van der Waals surface area contributed by atoms with Gasteiger partial charge in [-0.3, -0.25) is 4.98 Å². The zero-order valence-electron chi connectivity index (χ0n) is 10.3. The number of pyridine rings is 1. The van der Waals surface area contributed by atoms with E-state index in [1.54, 1.807) is 18.3 Å². The minimum atomic E-state index is -0.708. The first-order valence-electron chi connectivity index (χ1n) is 6.12. The number of nitrogens with zero attached hydrogens (tertiary/aromatic N) is 1. The Labute approximate surface area is 111 Å². The zero-order chi connectivity index (χ0) is 13.2. The smallest absolute Gasteiger partial charge is 0.106 e. The van der Waals surface area contributed by atoms with Gasteiger partial charge in [-0.1, -0.05) is 30.3 Å². The Morgan fingerprint density at radius 1 is 0.947 bits per heavy atom. The molecule has 2 aromatic carbocycles. The van der Waals surface area contributed by atoms with Crippen molar-refractivity contribution in [2.75, 3.05) is 5.73 Å². The highest BCUT2D eigenvalue weighted by molar-refractivity contribution is 5.78. The molecule has 1 heterocycles. The molecule has 0 bridgehead atoms. The maximum absolute atomic E-state index is 10.4. The molecule has 1 unspecified atom stereocenters. The highest BCUT2D eigenvalue weighted by Gasteiger charge is 2.11. The van der Waals surface area contributed by atoms with E-state index in [1.807, 2.05) is 42.5 Å². The maximum atomic E-state index is 10.4. The van der Waals surface area contributed by atoms with Gasteiger partial charge in [0.25, 0.3) is 0 Å². The van der Waals surface area contributed by atoms with Crippen molar-refractivity contribution in [1.82, 2.24) is 4.98 Å². The van der Waals surface area contributed by atoms with E-state index in [1.165, 1.54) is 0 Å². The van der Waals surface area contributed by atoms with Crippen molar-refractivity contribution < 1.29 is 5.11 Å². The number of nitrogen functional groups attached to an aromatic ring is 1. The third kappa shape index (κ3) is 2.28. The summed E-state index contributed by atoms with van der Waals surface area (Å²) in [6.45, 7) is 0. The molecule has 3 nitrogen and oxygen atoms in total. The largest absolute Gasteiger partial charge is 0.399 e. The summed E-state index contributed by atoms with van der Waals surface area (Å²) in [5, 5.41) is 11.4. The quantitative estimate of drug-likeness (QED) is 0.687. The van der Waals surface area contributed by atoms with Crippen LogP contribution in [0, 0.1) is 0 Å². The van der Waals surface area contributed by atoms with Gasteiger partial charge in [0, 0.05) is 22.8 Å². The van der Waals surface area contributed by atoms with Gasteiger partial charge in [-0.05, 0) is 29.8 Å². The summed E-state index contributed by atoms with van der Waals surface area (Å²) in [5.41, 5.74) is 8.85. The minimum absolute atomic E-state index is 0.644. The number of hydrogen-bond acceptors (Lipinski definition) is 3. The van der Waals surface area contributed by atoms with Crippen LogP contribution >= 0.6 is 0 Å². The van der Waals surface area contributed by atoms with Crippen molar-refractivity contribution in [2.24, 2.45) is 0 Å². The summed E-state index contributed by atoms with van der Waals surface area (Å²) in [6.07, 6.45) is 0.997. The van der Waals surface area contributed by atoms with Crippen LogP contribution in [0.2, 0.25) is 0 Å². The predicted molar refractivity (Wildman–Crippen MR) is 76.7 cm³/mol. The summed E-state index contributed by atoms with van der Waals surface area (Å²) in [5.74, 6) is 0. The van der Waals surface area contributed by atoms with Crippen molar-refractivity contribution >= 4 is 16.6 Å². The number of aliphatic hydroxyl groups excluding tert-OH is 1. The van der Waals surface area contributed by atoms with E-state index >= 15 is 0 Å². The number of nitrogens with two attached hydrogens (primary N) is 1. The molecule has 19 heavy (non-hydrogen) atoms. The van der Waals surface area contributed by atoms with Gasteiger partial charge in [0.2, 0.25) is 0 Å². The Balaban J connectivity index is 2.04. The van der Waals surface area contributed by atoms with Crippen LogP contribution in [0.3, 0.4) is 0 Å². The number of fused-ring (bicyclic) bond motifs is 1. The summed E-state index contributed by atoms with van der Waals surface area (Å²) >= 11 is 0. The molecule has 0 fully saturated rings. The molecule has 0 aliphatic rings. The average molecular weight is 250 g/mol. The standard InChI is InChI=1S/C16H14N2O/c17-14-6-3-5-12(9-14)16(19)13-8-11-4-1-2-7-15(11)18-10-13/h1-10,16,19H,17H2. The molecule has 0 spiro atoms. The SMILES string of the molecule is Nc1cccc(C(O)c2cnc3ccccc3c2)c1. The number of aromatic nitrogens is 1. The fourth-order valence-electron chi connectivity index (χ4n) is 2.16. The Morgan fingerprint density at radius 3 is 2.63 bits per heavy atom. The number of benzene rings is 2. The topological polar surface area (TPSA) is 59.1 Å². The van der Waals surface area contributed by atoms with E-state index < -0.39 is 6.10 Å². The van der Waals surface area contributed by atoms with Crippen LogP contribution in [0.25, 0.3) is 10.9 Å². The lowest BCUT2D eigenvalue weighted by Crippen LogP contribution is -2.01. The van der Waals surface area contributed by atoms with Gasteiger partial charge in [-0.25, -0.2) is 0 Å². The zero-order valence-corrected chi connectivity index (χ0v) is 10.3. The lowest BCUT2D eigenvalue weighted by Gasteiger charge is -2.12. The van der Waals surface area contributed by atoms with Crippen LogP contribution < -0.4 is 5.73 Å². The molecule has 0 aliphatic carbocycles. The molecule has 0 saturated heterocycles. The van der Waals surface area contributed by atoms with E-state index in [0.717, 1.165) is 22.0 Å². The average Bonchev–Trinajstić information content (AvgIpc) is 2.46. The fraction of sp³-hybridized carbons (Fsp3) is 0.0625. The lowest BCUT2D eigenvalue weighted by atomic mass is 10.0. The number of hydrogen-bond donors (Lipinski definition) is 2. The Morgan fingerprint density at radius 2 is 1.79 bits per heavy atom. The van der Waals surface area contributed by atoms with Gasteiger partial charge in [0.05, 0.1) is 5.52 Å². The van der Waals surface area contributed by atoms with Gasteiger partial charge < -0.3 is 10.8 Å². The molecule has 94 valence electrons. The molecule has 3 aromatic rings. The first-order chi connectivity index (χ1) is 9.24. The van der Waals surface area contributed by atoms with Gasteiger partial charge in [0.15, 0.2) is 0 Å². The van der Waals surface area contributed by atoms with Crippen molar-refractivity contribution in [3.8, 4) is 0 Å². The molecule has 0 radical (unpaired) electrons. The molecule has 1 aromatic heterocycles. The van der Waals surface area contributed by atoms with E-state index in [-0.39, 0.29) is 0 Å². The minimum Gasteiger partial charge on any atom is -0.399 e. The van der Waals surface area contributed by atoms with Crippen molar-refractivity contribution in [2.45, 2.75) is 6.10 Å². The first kappa shape index (κ1) is 11.7. The van der Waals surface area contributed by atoms with E-state index in [0.29, 0.717) is 5.69 Å². The molecule has 1 atom stereocenters. The molecular formula is C16H14N2O. The summed E-state index contributed by atoms with van der Waals surface area (Å²) in [4.78, 5) is 4.36. The Kier molecular flexibility index (Phi) is 2.89. The third-order valence-electron chi connectivity index (χ3n) is 3.15. The second kappa shape index (κ2) is 4.71. The lowest BCUT2D eigenvalue weighted by molar-refractivity contribution is 0.220. The van der Waals surface area contributed by atoms with Crippen LogP contribution in [-0.2, 0) is 0 Å². The maximum Gasteiger partial charge on any atom is 0.106 e. The van der Waals surface area contributed by atoms with Crippen LogP contribution in [-0.4, -0.2) is 10.1 Å². The highest BCUT2D eigenvalue weighted by atomic mass is 16.3. The number of anilines is 1. The van der Waals surface area contributed by atoms with Crippen molar-refractivity contribution in [1.29, 1.82) is 0 Å². The Hall–Kier alpha value is -2.39. The number of rotatable bonds is 2. The van der Waals surface area contributed by atoms with E-state index in [2.05, 4.69) is 4.98 Å². The van der Waals surface area contributed by atoms with Crippen molar-refractivity contribution in [3.63, 3.8) is 0 Å². The second-order valence-electron chi connectivity index (χ2n) is 4.53. The molecule has 0 aliphatic heterocycles. The van der Waals surface area contributed by atoms with Gasteiger partial charge in [-0.15, -0.1) is 0 Å². The fourth-order valence-corrected chi connectivity index (χ4v) is 2.16. The van der Waals surface area contributed by atoms with Gasteiger partial charge in [0.1, 0.15) is 6.10 Å². The second-order valence-corrected chi connectivity index (χ2v) is 4.53. The normalized spacial score (nSPS) is 12.5. The molecule has 0 amide bonds. The third-order valence-corrected chi connectivity index (χ3v) is 3.15. The summed E-state index contributed by atoms with van der Waals surface area (Å²) < 4.78 is 0. The van der Waals surface area contributed by atoms with Crippen LogP contribution in [0.15, 0.2) is 60.8 Å². The molecular weight excluding hydrogens is 236 g/mol. The molecule has 3 rings (SSSR count). The Bertz CT molecular complexity index is 725. The van der Waals surface area contributed by atoms with Gasteiger partial charge >= 0.3 is 0 Å². The summed E-state index contributed by atoms with van der Waals surface area (Å²) in [6, 6.07) is 17.1. The number of para-hydroxylation sites is 1. The summed E-state index contributed by atoms with van der Waals surface area (Å²) in [7, 11) is 0. The number of aliphatic hydroxyl groups is 1. The van der Waals surface area contributed by atoms with Gasteiger partial charge in [-0.2, -0.15) is 0 Å². The predicted octanol–water partition coefficient (Wildman–Crippen LogP) is 2.90. The van der Waals surface area contributed by atoms with Crippen LogP contribution in [0.1, 0.15) is 17.2 Å². The van der Waals surface area contributed by atoms with Crippen molar-refractivity contribution in [3.05, 3.63) is 71.9 Å². The van der Waals surface area contributed by atoms with E-state index in [9.17, 15) is 5.11 Å². The molecule has 3 N–H and O–H groups in total. The molecule has 3 heteroatoms.